The molecule has 0 aliphatic heterocycles. The molecule has 3 atom stereocenters. The third-order valence-electron chi connectivity index (χ3n) is 3.34. The van der Waals surface area contributed by atoms with Gasteiger partial charge in [-0.15, -0.1) is 0 Å². The number of hydrogen-bond donors (Lipinski definition) is 0. The Hall–Kier alpha value is -0.0400. The van der Waals surface area contributed by atoms with Crippen molar-refractivity contribution in [3.05, 3.63) is 0 Å². The van der Waals surface area contributed by atoms with Gasteiger partial charge in [0.25, 0.3) is 0 Å². The Morgan fingerprint density at radius 3 is 2.58 bits per heavy atom. The maximum atomic E-state index is 5.38. The van der Waals surface area contributed by atoms with E-state index in [-0.39, 0.29) is 0 Å². The van der Waals surface area contributed by atoms with E-state index in [2.05, 4.69) is 13.8 Å². The molecule has 0 aromatic rings. The normalized spacial score (nSPS) is 34.2. The van der Waals surface area contributed by atoms with Gasteiger partial charge in [0.2, 0.25) is 0 Å². The highest BCUT2D eigenvalue weighted by Crippen LogP contribution is 2.29. The van der Waals surface area contributed by atoms with Gasteiger partial charge in [-0.2, -0.15) is 0 Å². The van der Waals surface area contributed by atoms with Crippen molar-refractivity contribution in [2.75, 3.05) is 7.11 Å². The van der Waals surface area contributed by atoms with E-state index < -0.39 is 0 Å². The van der Waals surface area contributed by atoms with Gasteiger partial charge in [0, 0.05) is 7.11 Å². The van der Waals surface area contributed by atoms with E-state index >= 15 is 0 Å². The van der Waals surface area contributed by atoms with E-state index in [0.29, 0.717) is 6.10 Å². The van der Waals surface area contributed by atoms with Crippen molar-refractivity contribution in [1.82, 2.24) is 0 Å². The van der Waals surface area contributed by atoms with Crippen LogP contribution in [0.2, 0.25) is 0 Å². The average molecular weight is 170 g/mol. The molecule has 0 saturated heterocycles. The highest BCUT2D eigenvalue weighted by Gasteiger charge is 2.20. The number of rotatable bonds is 2. The zero-order valence-corrected chi connectivity index (χ0v) is 8.68. The van der Waals surface area contributed by atoms with Crippen molar-refractivity contribution in [2.45, 2.75) is 52.1 Å². The Bertz CT molecular complexity index is 122. The van der Waals surface area contributed by atoms with Crippen LogP contribution in [0.4, 0.5) is 0 Å². The molecule has 1 heteroatoms. The first kappa shape index (κ1) is 10.0. The second-order valence-corrected chi connectivity index (χ2v) is 4.31. The Kier molecular flexibility index (Phi) is 4.07. The second kappa shape index (κ2) is 4.86. The van der Waals surface area contributed by atoms with Crippen molar-refractivity contribution in [2.24, 2.45) is 11.8 Å². The van der Waals surface area contributed by atoms with Crippen LogP contribution in [0.3, 0.4) is 0 Å². The van der Waals surface area contributed by atoms with E-state index in [1.165, 1.54) is 32.1 Å². The van der Waals surface area contributed by atoms with Crippen LogP contribution in [0.15, 0.2) is 0 Å². The fourth-order valence-electron chi connectivity index (χ4n) is 2.18. The van der Waals surface area contributed by atoms with Gasteiger partial charge >= 0.3 is 0 Å². The minimum absolute atomic E-state index is 0.468. The predicted molar refractivity (Wildman–Crippen MR) is 52.2 cm³/mol. The molecule has 1 nitrogen and oxygen atoms in total. The minimum atomic E-state index is 0.468. The van der Waals surface area contributed by atoms with E-state index in [1.807, 2.05) is 7.11 Å². The zero-order chi connectivity index (χ0) is 8.97. The van der Waals surface area contributed by atoms with Crippen LogP contribution in [0.5, 0.6) is 0 Å². The smallest absolute Gasteiger partial charge is 0.0571 e. The molecule has 0 heterocycles. The summed E-state index contributed by atoms with van der Waals surface area (Å²) >= 11 is 0. The Balaban J connectivity index is 2.35. The summed E-state index contributed by atoms with van der Waals surface area (Å²) in [5.41, 5.74) is 0. The summed E-state index contributed by atoms with van der Waals surface area (Å²) in [5.74, 6) is 1.76. The molecule has 3 unspecified atom stereocenters. The summed E-state index contributed by atoms with van der Waals surface area (Å²) in [6.45, 7) is 4.58. The average Bonchev–Trinajstić information content (AvgIpc) is 2.29. The first-order valence-corrected chi connectivity index (χ1v) is 5.26. The summed E-state index contributed by atoms with van der Waals surface area (Å²) in [6, 6.07) is 0. The fourth-order valence-corrected chi connectivity index (χ4v) is 2.18. The van der Waals surface area contributed by atoms with E-state index in [9.17, 15) is 0 Å². The highest BCUT2D eigenvalue weighted by atomic mass is 16.5. The van der Waals surface area contributed by atoms with Gasteiger partial charge < -0.3 is 4.74 Å². The largest absolute Gasteiger partial charge is 0.381 e. The van der Waals surface area contributed by atoms with Crippen LogP contribution in [0.1, 0.15) is 46.0 Å². The van der Waals surface area contributed by atoms with Crippen LogP contribution in [-0.2, 0) is 4.74 Å². The third kappa shape index (κ3) is 2.78. The third-order valence-corrected chi connectivity index (χ3v) is 3.34. The van der Waals surface area contributed by atoms with Crippen molar-refractivity contribution < 1.29 is 4.74 Å². The van der Waals surface area contributed by atoms with Gasteiger partial charge in [-0.05, 0) is 31.6 Å². The van der Waals surface area contributed by atoms with Crippen molar-refractivity contribution in [1.29, 1.82) is 0 Å². The van der Waals surface area contributed by atoms with Crippen LogP contribution in [-0.4, -0.2) is 13.2 Å². The lowest BCUT2D eigenvalue weighted by atomic mass is 9.94. The topological polar surface area (TPSA) is 9.23 Å². The molecule has 0 amide bonds. The Morgan fingerprint density at radius 1 is 1.17 bits per heavy atom. The maximum Gasteiger partial charge on any atom is 0.0571 e. The van der Waals surface area contributed by atoms with Gasteiger partial charge in [-0.3, -0.25) is 0 Å². The minimum Gasteiger partial charge on any atom is -0.381 e. The van der Waals surface area contributed by atoms with Crippen LogP contribution in [0, 0.1) is 11.8 Å². The fraction of sp³-hybridized carbons (Fsp3) is 1.00. The van der Waals surface area contributed by atoms with Gasteiger partial charge in [0.1, 0.15) is 0 Å². The van der Waals surface area contributed by atoms with Crippen molar-refractivity contribution in [3.8, 4) is 0 Å². The van der Waals surface area contributed by atoms with Gasteiger partial charge in [-0.25, -0.2) is 0 Å². The molecule has 0 N–H and O–H groups in total. The zero-order valence-electron chi connectivity index (χ0n) is 8.68. The highest BCUT2D eigenvalue weighted by molar-refractivity contribution is 4.72. The molecule has 1 fully saturated rings. The summed E-state index contributed by atoms with van der Waals surface area (Å²) in [5, 5.41) is 0. The first-order chi connectivity index (χ1) is 5.74. The quantitative estimate of drug-likeness (QED) is 0.578. The second-order valence-electron chi connectivity index (χ2n) is 4.31. The molecule has 0 aromatic carbocycles. The van der Waals surface area contributed by atoms with Crippen molar-refractivity contribution >= 4 is 0 Å². The summed E-state index contributed by atoms with van der Waals surface area (Å²) < 4.78 is 5.38. The molecule has 1 rings (SSSR count). The molecule has 72 valence electrons. The lowest BCUT2D eigenvalue weighted by molar-refractivity contribution is 0.0600. The van der Waals surface area contributed by atoms with Gasteiger partial charge in [0.15, 0.2) is 0 Å². The van der Waals surface area contributed by atoms with Gasteiger partial charge in [-0.1, -0.05) is 26.2 Å². The van der Waals surface area contributed by atoms with Gasteiger partial charge in [0.05, 0.1) is 6.10 Å². The van der Waals surface area contributed by atoms with E-state index in [0.717, 1.165) is 11.8 Å². The standard InChI is InChI=1S/C11H22O/c1-9-5-4-6-11(8-7-9)10(2)12-3/h9-11H,4-8H2,1-3H3. The molecular weight excluding hydrogens is 148 g/mol. The molecule has 1 aliphatic carbocycles. The number of hydrogen-bond acceptors (Lipinski definition) is 1. The monoisotopic (exact) mass is 170 g/mol. The Morgan fingerprint density at radius 2 is 1.92 bits per heavy atom. The molecule has 12 heavy (non-hydrogen) atoms. The molecule has 0 aromatic heterocycles. The summed E-state index contributed by atoms with van der Waals surface area (Å²) in [6.07, 6.45) is 7.44. The number of ether oxygens (including phenoxy) is 1. The molecule has 0 bridgehead atoms. The molecule has 1 saturated carbocycles. The first-order valence-electron chi connectivity index (χ1n) is 5.26. The lowest BCUT2D eigenvalue weighted by Gasteiger charge is -2.20. The van der Waals surface area contributed by atoms with Crippen LogP contribution in [0.25, 0.3) is 0 Å². The SMILES string of the molecule is COC(C)C1CCCC(C)CC1. The Labute approximate surface area is 76.5 Å². The molecule has 1 aliphatic rings. The summed E-state index contributed by atoms with van der Waals surface area (Å²) in [7, 11) is 1.83. The van der Waals surface area contributed by atoms with E-state index in [1.54, 1.807) is 0 Å². The number of methoxy groups -OCH3 is 1. The van der Waals surface area contributed by atoms with Crippen molar-refractivity contribution in [3.63, 3.8) is 0 Å². The van der Waals surface area contributed by atoms with Crippen LogP contribution >= 0.6 is 0 Å². The predicted octanol–water partition coefficient (Wildman–Crippen LogP) is 3.24. The van der Waals surface area contributed by atoms with E-state index in [4.69, 9.17) is 4.74 Å². The van der Waals surface area contributed by atoms with Crippen LogP contribution < -0.4 is 0 Å². The molecule has 0 radical (unpaired) electrons. The maximum absolute atomic E-state index is 5.38. The molecule has 0 spiro atoms. The molecular formula is C11H22O. The summed E-state index contributed by atoms with van der Waals surface area (Å²) in [4.78, 5) is 0. The lowest BCUT2D eigenvalue weighted by Crippen LogP contribution is -2.18.